The second kappa shape index (κ2) is 8.33. The Hall–Kier alpha value is -2.09. The van der Waals surface area contributed by atoms with E-state index in [1.54, 1.807) is 48.7 Å². The van der Waals surface area contributed by atoms with Gasteiger partial charge in [-0.2, -0.15) is 0 Å². The van der Waals surface area contributed by atoms with E-state index in [9.17, 15) is 9.35 Å². The third kappa shape index (κ3) is 4.50. The lowest BCUT2D eigenvalue weighted by molar-refractivity contribution is 0.0948. The summed E-state index contributed by atoms with van der Waals surface area (Å²) in [6.07, 6.45) is 1.55. The van der Waals surface area contributed by atoms with Crippen LogP contribution in [0.4, 0.5) is 0 Å². The third-order valence-electron chi connectivity index (χ3n) is 3.49. The predicted molar refractivity (Wildman–Crippen MR) is 98.6 cm³/mol. The fourth-order valence-corrected chi connectivity index (χ4v) is 3.92. The van der Waals surface area contributed by atoms with Gasteiger partial charge in [-0.25, -0.2) is 0 Å². The second-order valence-electron chi connectivity index (χ2n) is 5.17. The lowest BCUT2D eigenvalue weighted by atomic mass is 10.3. The molecule has 1 amide bonds. The maximum atomic E-state index is 13.0. The largest absolute Gasteiger partial charge is 0.611 e. The molecule has 2 aromatic heterocycles. The Balaban J connectivity index is 1.78. The van der Waals surface area contributed by atoms with Gasteiger partial charge in [0.25, 0.3) is 5.91 Å². The fraction of sp³-hybridized carbons (Fsp3) is 0.111. The van der Waals surface area contributed by atoms with Crippen molar-refractivity contribution in [3.05, 3.63) is 83.0 Å². The van der Waals surface area contributed by atoms with E-state index in [1.807, 2.05) is 18.2 Å². The zero-order chi connectivity index (χ0) is 17.6. The van der Waals surface area contributed by atoms with Crippen LogP contribution in [0.5, 0.6) is 0 Å². The third-order valence-corrected chi connectivity index (χ3v) is 5.57. The molecule has 5 nitrogen and oxygen atoms in total. The summed E-state index contributed by atoms with van der Waals surface area (Å²) in [6.45, 7) is 0.164. The summed E-state index contributed by atoms with van der Waals surface area (Å²) in [5, 5.41) is 2.28. The Kier molecular flexibility index (Phi) is 5.91. The van der Waals surface area contributed by atoms with Crippen LogP contribution in [-0.2, 0) is 11.2 Å². The Morgan fingerprint density at radius 2 is 1.92 bits per heavy atom. The van der Waals surface area contributed by atoms with Crippen LogP contribution in [0, 0.1) is 0 Å². The number of aromatic nitrogens is 1. The van der Waals surface area contributed by atoms with Gasteiger partial charge in [0, 0.05) is 6.20 Å². The van der Waals surface area contributed by atoms with Gasteiger partial charge in [-0.15, -0.1) is 0 Å². The highest BCUT2D eigenvalue weighted by Crippen LogP contribution is 2.31. The Bertz CT molecular complexity index is 827. The van der Waals surface area contributed by atoms with Gasteiger partial charge >= 0.3 is 0 Å². The first-order valence-electron chi connectivity index (χ1n) is 7.55. The van der Waals surface area contributed by atoms with Crippen LogP contribution < -0.4 is 5.32 Å². The molecule has 1 N–H and O–H groups in total. The van der Waals surface area contributed by atoms with Gasteiger partial charge in [-0.3, -0.25) is 9.78 Å². The molecule has 0 spiro atoms. The van der Waals surface area contributed by atoms with Crippen molar-refractivity contribution in [3.63, 3.8) is 0 Å². The molecule has 128 valence electrons. The molecule has 3 aromatic rings. The highest BCUT2D eigenvalue weighted by Gasteiger charge is 2.30. The van der Waals surface area contributed by atoms with Crippen LogP contribution in [0.1, 0.15) is 21.5 Å². The predicted octanol–water partition coefficient (Wildman–Crippen LogP) is 3.72. The van der Waals surface area contributed by atoms with Gasteiger partial charge in [0.15, 0.2) is 20.6 Å². The lowest BCUT2D eigenvalue weighted by Gasteiger charge is -2.20. The zero-order valence-corrected chi connectivity index (χ0v) is 15.5. The topological polar surface area (TPSA) is 78.2 Å². The molecule has 25 heavy (non-hydrogen) atoms. The Labute approximate surface area is 156 Å². The number of hydrogen-bond acceptors (Lipinski definition) is 4. The smallest absolute Gasteiger partial charge is 0.270 e. The van der Waals surface area contributed by atoms with Crippen LogP contribution in [0.3, 0.4) is 0 Å². The van der Waals surface area contributed by atoms with E-state index in [0.29, 0.717) is 21.0 Å². The molecular formula is C18H15BrN2O3S. The molecule has 0 bridgehead atoms. The number of nitrogens with zero attached hydrogens (tertiary/aromatic N) is 1. The number of nitrogens with one attached hydrogen (secondary N) is 1. The lowest BCUT2D eigenvalue weighted by Crippen LogP contribution is -2.32. The summed E-state index contributed by atoms with van der Waals surface area (Å²) < 4.78 is 19.1. The van der Waals surface area contributed by atoms with E-state index in [4.69, 9.17) is 4.42 Å². The average molecular weight is 419 g/mol. The first kappa shape index (κ1) is 17.7. The van der Waals surface area contributed by atoms with Crippen LogP contribution >= 0.6 is 15.9 Å². The molecule has 2 heterocycles. The summed E-state index contributed by atoms with van der Waals surface area (Å²) in [7, 11) is 0. The van der Waals surface area contributed by atoms with Crippen molar-refractivity contribution >= 4 is 33.0 Å². The Morgan fingerprint density at radius 3 is 2.56 bits per heavy atom. The summed E-state index contributed by atoms with van der Waals surface area (Å²) >= 11 is 1.88. The van der Waals surface area contributed by atoms with Crippen molar-refractivity contribution in [3.8, 4) is 0 Å². The van der Waals surface area contributed by atoms with Crippen molar-refractivity contribution in [2.75, 3.05) is 6.54 Å². The molecule has 1 aromatic carbocycles. The molecule has 0 saturated heterocycles. The molecule has 2 unspecified atom stereocenters. The van der Waals surface area contributed by atoms with E-state index in [-0.39, 0.29) is 12.5 Å². The first-order chi connectivity index (χ1) is 12.1. The molecule has 2 atom stereocenters. The van der Waals surface area contributed by atoms with E-state index < -0.39 is 16.4 Å². The van der Waals surface area contributed by atoms with Crippen molar-refractivity contribution in [1.82, 2.24) is 10.3 Å². The summed E-state index contributed by atoms with van der Waals surface area (Å²) in [6, 6.07) is 17.7. The van der Waals surface area contributed by atoms with Crippen molar-refractivity contribution in [2.45, 2.75) is 10.1 Å². The van der Waals surface area contributed by atoms with Crippen molar-refractivity contribution in [2.24, 2.45) is 0 Å². The van der Waals surface area contributed by atoms with Gasteiger partial charge in [0.1, 0.15) is 5.69 Å². The monoisotopic (exact) mass is 418 g/mol. The van der Waals surface area contributed by atoms with Gasteiger partial charge < -0.3 is 14.3 Å². The molecule has 7 heteroatoms. The molecule has 0 radical (unpaired) electrons. The van der Waals surface area contributed by atoms with Crippen LogP contribution in [0.15, 0.2) is 80.8 Å². The molecule has 0 aliphatic carbocycles. The van der Waals surface area contributed by atoms with E-state index in [2.05, 4.69) is 26.2 Å². The number of hydrogen-bond donors (Lipinski definition) is 1. The number of furan rings is 1. The highest BCUT2D eigenvalue weighted by atomic mass is 79.9. The molecule has 0 saturated carbocycles. The minimum atomic E-state index is -1.38. The number of benzene rings is 1. The van der Waals surface area contributed by atoms with Crippen LogP contribution in [-0.4, -0.2) is 22.0 Å². The molecule has 0 aliphatic rings. The molecule has 0 aliphatic heterocycles. The minimum absolute atomic E-state index is 0.164. The fourth-order valence-electron chi connectivity index (χ4n) is 2.28. The number of pyridine rings is 1. The zero-order valence-electron chi connectivity index (χ0n) is 13.1. The van der Waals surface area contributed by atoms with E-state index in [0.717, 1.165) is 0 Å². The van der Waals surface area contributed by atoms with Gasteiger partial charge in [0.2, 0.25) is 0 Å². The second-order valence-corrected chi connectivity index (χ2v) is 7.58. The Morgan fingerprint density at radius 1 is 1.16 bits per heavy atom. The normalized spacial score (nSPS) is 13.2. The highest BCUT2D eigenvalue weighted by molar-refractivity contribution is 9.10. The number of carbonyl (C=O) groups is 1. The SMILES string of the molecule is O=C(NCC(c1ccc(Br)o1)[S+]([O-])c1ccccc1)c1ccccn1. The summed E-state index contributed by atoms with van der Waals surface area (Å²) in [4.78, 5) is 16.9. The summed E-state index contributed by atoms with van der Waals surface area (Å²) in [5.74, 6) is 0.219. The van der Waals surface area contributed by atoms with Crippen LogP contribution in [0.25, 0.3) is 0 Å². The standard InChI is InChI=1S/C18H15BrN2O3S/c19-17-10-9-15(24-17)16(25(23)13-6-2-1-3-7-13)12-21-18(22)14-8-4-5-11-20-14/h1-11,16H,12H2,(H,21,22). The quantitative estimate of drug-likeness (QED) is 0.618. The van der Waals surface area contributed by atoms with Gasteiger partial charge in [-0.1, -0.05) is 24.3 Å². The number of amides is 1. The number of halogens is 1. The first-order valence-corrected chi connectivity index (χ1v) is 9.56. The average Bonchev–Trinajstić information content (AvgIpc) is 3.09. The number of rotatable bonds is 6. The maximum Gasteiger partial charge on any atom is 0.270 e. The van der Waals surface area contributed by atoms with E-state index in [1.165, 1.54) is 0 Å². The van der Waals surface area contributed by atoms with Crippen molar-refractivity contribution < 1.29 is 13.8 Å². The maximum absolute atomic E-state index is 13.0. The van der Waals surface area contributed by atoms with E-state index >= 15 is 0 Å². The molecule has 3 rings (SSSR count). The summed E-state index contributed by atoms with van der Waals surface area (Å²) in [5.41, 5.74) is 0.312. The van der Waals surface area contributed by atoms with Crippen molar-refractivity contribution in [1.29, 1.82) is 0 Å². The van der Waals surface area contributed by atoms with Crippen LogP contribution in [0.2, 0.25) is 0 Å². The van der Waals surface area contributed by atoms with Gasteiger partial charge in [-0.05, 0) is 63.5 Å². The molecular weight excluding hydrogens is 404 g/mol. The number of carbonyl (C=O) groups excluding carboxylic acids is 1. The van der Waals surface area contributed by atoms with Gasteiger partial charge in [0.05, 0.1) is 6.54 Å². The molecule has 0 fully saturated rings. The minimum Gasteiger partial charge on any atom is -0.611 e.